The molecule has 0 saturated heterocycles. The van der Waals surface area contributed by atoms with Crippen LogP contribution < -0.4 is 14.9 Å². The minimum absolute atomic E-state index is 0.0747. The second-order valence-corrected chi connectivity index (χ2v) is 8.23. The Morgan fingerprint density at radius 1 is 1.00 bits per heavy atom. The van der Waals surface area contributed by atoms with E-state index in [-0.39, 0.29) is 11.4 Å². The van der Waals surface area contributed by atoms with Crippen LogP contribution in [0.5, 0.6) is 17.2 Å². The highest BCUT2D eigenvalue weighted by Gasteiger charge is 2.13. The lowest BCUT2D eigenvalue weighted by Crippen LogP contribution is -2.18. The molecule has 0 spiro atoms. The van der Waals surface area contributed by atoms with Gasteiger partial charge in [-0.2, -0.15) is 10.2 Å². The predicted molar refractivity (Wildman–Crippen MR) is 142 cm³/mol. The number of amides is 1. The van der Waals surface area contributed by atoms with Gasteiger partial charge < -0.3 is 14.6 Å². The molecular weight excluding hydrogens is 468 g/mol. The number of nitrogens with zero attached hydrogens (tertiary/aromatic N) is 2. The summed E-state index contributed by atoms with van der Waals surface area (Å²) in [6, 6.07) is 28.0. The van der Waals surface area contributed by atoms with Crippen LogP contribution in [0.25, 0.3) is 22.0 Å². The van der Waals surface area contributed by atoms with Gasteiger partial charge in [0.05, 0.1) is 19.0 Å². The van der Waals surface area contributed by atoms with E-state index in [0.29, 0.717) is 29.4 Å². The van der Waals surface area contributed by atoms with Crippen LogP contribution in [-0.2, 0) is 6.61 Å². The molecule has 5 aromatic rings. The third kappa shape index (κ3) is 5.28. The molecule has 3 N–H and O–H groups in total. The molecule has 0 unspecified atom stereocenters. The Hall–Kier alpha value is -5.11. The molecule has 0 bridgehead atoms. The first-order chi connectivity index (χ1) is 18.1. The van der Waals surface area contributed by atoms with Crippen LogP contribution in [0.4, 0.5) is 0 Å². The van der Waals surface area contributed by atoms with E-state index < -0.39 is 5.91 Å². The van der Waals surface area contributed by atoms with Crippen LogP contribution in [-0.4, -0.2) is 34.5 Å². The number of carbonyl (C=O) groups excluding carboxylic acids is 1. The number of nitrogens with one attached hydrogen (secondary N) is 2. The van der Waals surface area contributed by atoms with Crippen molar-refractivity contribution in [2.45, 2.75) is 6.61 Å². The summed E-state index contributed by atoms with van der Waals surface area (Å²) in [4.78, 5) is 12.6. The number of benzene rings is 4. The van der Waals surface area contributed by atoms with Gasteiger partial charge in [0.25, 0.3) is 5.91 Å². The fourth-order valence-electron chi connectivity index (χ4n) is 3.90. The summed E-state index contributed by atoms with van der Waals surface area (Å²) in [5.74, 6) is 0.770. The Labute approximate surface area is 213 Å². The van der Waals surface area contributed by atoms with E-state index in [1.807, 2.05) is 72.8 Å². The van der Waals surface area contributed by atoms with Crippen molar-refractivity contribution in [3.8, 4) is 28.5 Å². The molecule has 0 aliphatic rings. The zero-order valence-electron chi connectivity index (χ0n) is 20.0. The number of methoxy groups -OCH3 is 1. The van der Waals surface area contributed by atoms with Crippen molar-refractivity contribution in [3.63, 3.8) is 0 Å². The number of ether oxygens (including phenoxy) is 2. The third-order valence-corrected chi connectivity index (χ3v) is 5.83. The number of aromatic nitrogens is 2. The van der Waals surface area contributed by atoms with Crippen molar-refractivity contribution >= 4 is 22.9 Å². The van der Waals surface area contributed by atoms with Crippen LogP contribution in [0.3, 0.4) is 0 Å². The van der Waals surface area contributed by atoms with Crippen molar-refractivity contribution in [3.05, 3.63) is 108 Å². The number of hydrogen-bond acceptors (Lipinski definition) is 6. The summed E-state index contributed by atoms with van der Waals surface area (Å²) in [5, 5.41) is 23.0. The number of phenolic OH excluding ortho intramolecular Hbond substituents is 1. The molecule has 0 radical (unpaired) electrons. The maximum absolute atomic E-state index is 12.6. The van der Waals surface area contributed by atoms with Crippen LogP contribution in [0, 0.1) is 0 Å². The van der Waals surface area contributed by atoms with Gasteiger partial charge in [-0.25, -0.2) is 5.43 Å². The van der Waals surface area contributed by atoms with Crippen molar-refractivity contribution < 1.29 is 19.4 Å². The second-order valence-electron chi connectivity index (χ2n) is 8.23. The number of fused-ring (bicyclic) bond motifs is 1. The van der Waals surface area contributed by atoms with E-state index in [1.165, 1.54) is 6.21 Å². The minimum atomic E-state index is -0.468. The largest absolute Gasteiger partial charge is 0.507 e. The monoisotopic (exact) mass is 492 g/mol. The lowest BCUT2D eigenvalue weighted by atomic mass is 10.0. The standard InChI is InChI=1S/C29H24N4O4/c1-36-28-15-21(12-14-27(28)37-18-19-7-3-2-4-8-19)24-16-25(32-31-24)29(35)33-30-17-23-22-10-6-5-9-20(22)11-13-26(23)34/h2-17,34H,18H2,1H3,(H,31,32)(H,33,35). The van der Waals surface area contributed by atoms with E-state index in [1.54, 1.807) is 25.3 Å². The molecule has 4 aromatic carbocycles. The lowest BCUT2D eigenvalue weighted by molar-refractivity contribution is 0.0950. The number of carbonyl (C=O) groups is 1. The maximum atomic E-state index is 12.6. The number of phenols is 1. The smallest absolute Gasteiger partial charge is 0.289 e. The Balaban J connectivity index is 1.27. The van der Waals surface area contributed by atoms with E-state index in [4.69, 9.17) is 9.47 Å². The molecule has 8 heteroatoms. The van der Waals surface area contributed by atoms with Gasteiger partial charge in [-0.1, -0.05) is 60.7 Å². The number of aromatic amines is 1. The zero-order valence-corrected chi connectivity index (χ0v) is 20.0. The van der Waals surface area contributed by atoms with Gasteiger partial charge in [0.2, 0.25) is 0 Å². The quantitative estimate of drug-likeness (QED) is 0.202. The van der Waals surface area contributed by atoms with Crippen molar-refractivity contribution in [2.24, 2.45) is 5.10 Å². The highest BCUT2D eigenvalue weighted by Crippen LogP contribution is 2.32. The van der Waals surface area contributed by atoms with Crippen molar-refractivity contribution in [1.29, 1.82) is 0 Å². The Kier molecular flexibility index (Phi) is 6.80. The topological polar surface area (TPSA) is 109 Å². The third-order valence-electron chi connectivity index (χ3n) is 5.83. The van der Waals surface area contributed by atoms with Gasteiger partial charge in [-0.05, 0) is 46.7 Å². The summed E-state index contributed by atoms with van der Waals surface area (Å²) >= 11 is 0. The molecule has 8 nitrogen and oxygen atoms in total. The molecule has 184 valence electrons. The Morgan fingerprint density at radius 2 is 1.81 bits per heavy atom. The number of hydrogen-bond donors (Lipinski definition) is 3. The first kappa shape index (κ1) is 23.6. The van der Waals surface area contributed by atoms with Gasteiger partial charge in [0.15, 0.2) is 11.5 Å². The maximum Gasteiger partial charge on any atom is 0.289 e. The molecule has 5 rings (SSSR count). The number of H-pyrrole nitrogens is 1. The molecule has 37 heavy (non-hydrogen) atoms. The average Bonchev–Trinajstić information content (AvgIpc) is 3.44. The van der Waals surface area contributed by atoms with Gasteiger partial charge in [0, 0.05) is 11.1 Å². The number of hydrazone groups is 1. The van der Waals surface area contributed by atoms with E-state index in [2.05, 4.69) is 20.7 Å². The fourth-order valence-corrected chi connectivity index (χ4v) is 3.90. The van der Waals surface area contributed by atoms with Gasteiger partial charge >= 0.3 is 0 Å². The number of rotatable bonds is 8. The highest BCUT2D eigenvalue weighted by atomic mass is 16.5. The van der Waals surface area contributed by atoms with Gasteiger partial charge in [-0.15, -0.1) is 0 Å². The highest BCUT2D eigenvalue weighted by molar-refractivity contribution is 6.03. The first-order valence-corrected chi connectivity index (χ1v) is 11.6. The van der Waals surface area contributed by atoms with Crippen LogP contribution in [0.2, 0.25) is 0 Å². The van der Waals surface area contributed by atoms with Crippen molar-refractivity contribution in [1.82, 2.24) is 15.6 Å². The zero-order chi connectivity index (χ0) is 25.6. The predicted octanol–water partition coefficient (Wildman–Crippen LogP) is 5.29. The molecular formula is C29H24N4O4. The van der Waals surface area contributed by atoms with E-state index in [9.17, 15) is 9.90 Å². The van der Waals surface area contributed by atoms with Gasteiger partial charge in [0.1, 0.15) is 18.1 Å². The lowest BCUT2D eigenvalue weighted by Gasteiger charge is -2.11. The van der Waals surface area contributed by atoms with E-state index >= 15 is 0 Å². The molecule has 1 amide bonds. The van der Waals surface area contributed by atoms with Crippen LogP contribution in [0.15, 0.2) is 96.1 Å². The normalized spacial score (nSPS) is 11.1. The summed E-state index contributed by atoms with van der Waals surface area (Å²) in [7, 11) is 1.57. The van der Waals surface area contributed by atoms with Crippen LogP contribution in [0.1, 0.15) is 21.6 Å². The van der Waals surface area contributed by atoms with E-state index in [0.717, 1.165) is 21.9 Å². The fraction of sp³-hybridized carbons (Fsp3) is 0.0690. The molecule has 0 aliphatic heterocycles. The average molecular weight is 493 g/mol. The second kappa shape index (κ2) is 10.7. The van der Waals surface area contributed by atoms with Crippen molar-refractivity contribution in [2.75, 3.05) is 7.11 Å². The molecule has 1 heterocycles. The summed E-state index contributed by atoms with van der Waals surface area (Å²) in [6.07, 6.45) is 1.42. The Morgan fingerprint density at radius 3 is 2.65 bits per heavy atom. The molecule has 0 aliphatic carbocycles. The molecule has 1 aromatic heterocycles. The van der Waals surface area contributed by atoms with Crippen LogP contribution >= 0.6 is 0 Å². The summed E-state index contributed by atoms with van der Waals surface area (Å²) in [5.41, 5.74) is 5.59. The molecule has 0 atom stereocenters. The Bertz CT molecular complexity index is 1580. The molecule has 0 saturated carbocycles. The minimum Gasteiger partial charge on any atom is -0.507 e. The van der Waals surface area contributed by atoms with Gasteiger partial charge in [-0.3, -0.25) is 9.89 Å². The summed E-state index contributed by atoms with van der Waals surface area (Å²) < 4.78 is 11.4. The molecule has 0 fully saturated rings. The summed E-state index contributed by atoms with van der Waals surface area (Å²) in [6.45, 7) is 0.417. The number of aromatic hydroxyl groups is 1. The first-order valence-electron chi connectivity index (χ1n) is 11.6. The SMILES string of the molecule is COc1cc(-c2cc(C(=O)NN=Cc3c(O)ccc4ccccc34)[nH]n2)ccc1OCc1ccccc1.